The Bertz CT molecular complexity index is 524. The molecule has 3 aliphatic carbocycles. The van der Waals surface area contributed by atoms with E-state index in [-0.39, 0.29) is 28.8 Å². The summed E-state index contributed by atoms with van der Waals surface area (Å²) in [5.74, 6) is 1.11. The molecule has 5 unspecified atom stereocenters. The minimum absolute atomic E-state index is 0.0253. The molecule has 2 saturated carbocycles. The third kappa shape index (κ3) is 1.30. The van der Waals surface area contributed by atoms with Crippen molar-refractivity contribution in [2.24, 2.45) is 22.7 Å². The molecule has 0 aromatic carbocycles. The summed E-state index contributed by atoms with van der Waals surface area (Å²) in [5.41, 5.74) is -0.249. The normalized spacial score (nSPS) is 55.3. The molecule has 2 heterocycles. The average molecular weight is 274 g/mol. The third-order valence-electron chi connectivity index (χ3n) is 6.70. The highest BCUT2D eigenvalue weighted by Gasteiger charge is 2.71. The molecular weight excluding hydrogens is 252 g/mol. The first kappa shape index (κ1) is 12.8. The van der Waals surface area contributed by atoms with Crippen LogP contribution in [0.15, 0.2) is 12.2 Å². The van der Waals surface area contributed by atoms with Crippen molar-refractivity contribution in [1.29, 1.82) is 0 Å². The monoisotopic (exact) mass is 274 g/mol. The summed E-state index contributed by atoms with van der Waals surface area (Å²) in [6.07, 6.45) is 9.57. The van der Waals surface area contributed by atoms with Crippen molar-refractivity contribution >= 4 is 12.1 Å². The van der Waals surface area contributed by atoms with Crippen LogP contribution in [0, 0.1) is 22.7 Å². The van der Waals surface area contributed by atoms with Crippen molar-refractivity contribution in [3.05, 3.63) is 12.2 Å². The van der Waals surface area contributed by atoms with Gasteiger partial charge >= 0.3 is 0 Å². The Kier molecular flexibility index (Phi) is 2.31. The maximum absolute atomic E-state index is 12.5. The number of allylic oxidation sites excluding steroid dienone is 2. The number of rotatable bonds is 3. The number of carbonyl (C=O) groups excluding carboxylic acids is 2. The van der Waals surface area contributed by atoms with Gasteiger partial charge in [-0.1, -0.05) is 13.0 Å². The zero-order valence-corrected chi connectivity index (χ0v) is 12.2. The Morgan fingerprint density at radius 3 is 2.95 bits per heavy atom. The Morgan fingerprint density at radius 2 is 2.25 bits per heavy atom. The van der Waals surface area contributed by atoms with Crippen molar-refractivity contribution in [3.8, 4) is 0 Å². The van der Waals surface area contributed by atoms with Crippen LogP contribution < -0.4 is 0 Å². The number of carbonyl (C=O) groups is 2. The molecule has 0 amide bonds. The van der Waals surface area contributed by atoms with Gasteiger partial charge in [-0.15, -0.1) is 0 Å². The molecule has 4 fully saturated rings. The molecule has 3 nitrogen and oxygen atoms in total. The van der Waals surface area contributed by atoms with Crippen molar-refractivity contribution < 1.29 is 14.3 Å². The largest absolute Gasteiger partial charge is 0.371 e. The highest BCUT2D eigenvalue weighted by molar-refractivity contribution is 5.96. The molecule has 0 aromatic rings. The van der Waals surface area contributed by atoms with Crippen LogP contribution in [0.5, 0.6) is 0 Å². The molecule has 5 aliphatic rings. The van der Waals surface area contributed by atoms with Gasteiger partial charge in [-0.2, -0.15) is 0 Å². The summed E-state index contributed by atoms with van der Waals surface area (Å²) < 4.78 is 6.35. The summed E-state index contributed by atoms with van der Waals surface area (Å²) in [4.78, 5) is 23.3. The van der Waals surface area contributed by atoms with E-state index in [1.165, 1.54) is 0 Å². The van der Waals surface area contributed by atoms with Crippen LogP contribution in [0.4, 0.5) is 0 Å². The van der Waals surface area contributed by atoms with Crippen LogP contribution in [-0.4, -0.2) is 23.8 Å². The van der Waals surface area contributed by atoms with E-state index in [0.29, 0.717) is 18.8 Å². The number of aldehydes is 1. The molecule has 20 heavy (non-hydrogen) atoms. The predicted octanol–water partition coefficient (Wildman–Crippen LogP) is 2.68. The zero-order chi connectivity index (χ0) is 14.2. The molecule has 0 radical (unpaired) electrons. The van der Waals surface area contributed by atoms with E-state index in [9.17, 15) is 9.59 Å². The van der Waals surface area contributed by atoms with Crippen LogP contribution in [-0.2, 0) is 14.3 Å². The van der Waals surface area contributed by atoms with Gasteiger partial charge in [0.1, 0.15) is 6.29 Å². The van der Waals surface area contributed by atoms with Gasteiger partial charge in [-0.3, -0.25) is 4.79 Å². The van der Waals surface area contributed by atoms with Gasteiger partial charge in [0.25, 0.3) is 0 Å². The molecule has 0 N–H and O–H groups in total. The number of hydrogen-bond donors (Lipinski definition) is 0. The molecule has 2 aliphatic heterocycles. The lowest BCUT2D eigenvalue weighted by Gasteiger charge is -2.55. The van der Waals surface area contributed by atoms with Crippen molar-refractivity contribution in [1.82, 2.24) is 0 Å². The maximum Gasteiger partial charge on any atom is 0.161 e. The van der Waals surface area contributed by atoms with Gasteiger partial charge in [0.05, 0.1) is 11.7 Å². The standard InChI is InChI=1S/C17H22O3/c1-15(5-3-7-18)13(19)4-6-17-9-11-8-12(14(15)17)20-16(11,2)10-17/h4,6-7,11-12,14H,3,5,8-10H2,1-2H3/t11?,12?,14?,15-,16?,17?/m1/s1. The van der Waals surface area contributed by atoms with E-state index < -0.39 is 5.41 Å². The highest BCUT2D eigenvalue weighted by Crippen LogP contribution is 2.71. The fraction of sp³-hybridized carbons (Fsp3) is 0.765. The Balaban J connectivity index is 1.80. The summed E-state index contributed by atoms with van der Waals surface area (Å²) in [5, 5.41) is 0. The summed E-state index contributed by atoms with van der Waals surface area (Å²) in [6.45, 7) is 4.31. The molecule has 1 spiro atoms. The average Bonchev–Trinajstić information content (AvgIpc) is 2.75. The third-order valence-corrected chi connectivity index (χ3v) is 6.70. The van der Waals surface area contributed by atoms with Crippen LogP contribution in [0.1, 0.15) is 46.0 Å². The van der Waals surface area contributed by atoms with Crippen molar-refractivity contribution in [2.45, 2.75) is 57.7 Å². The number of ketones is 1. The second-order valence-corrected chi connectivity index (χ2v) is 7.81. The Hall–Kier alpha value is -0.960. The van der Waals surface area contributed by atoms with E-state index >= 15 is 0 Å². The molecule has 5 rings (SSSR count). The number of ether oxygens (including phenoxy) is 1. The van der Waals surface area contributed by atoms with Crippen LogP contribution in [0.3, 0.4) is 0 Å². The summed E-state index contributed by atoms with van der Waals surface area (Å²) in [7, 11) is 0. The smallest absolute Gasteiger partial charge is 0.161 e. The molecule has 0 aromatic heterocycles. The topological polar surface area (TPSA) is 43.4 Å². The summed E-state index contributed by atoms with van der Waals surface area (Å²) >= 11 is 0. The van der Waals surface area contributed by atoms with Crippen LogP contribution in [0.25, 0.3) is 0 Å². The first-order valence-electron chi connectivity index (χ1n) is 7.79. The molecule has 4 bridgehead atoms. The SMILES string of the molecule is CC12CC34C=CC(=O)[C@@](C)(CCC=O)C3C(CC1C4)O2. The van der Waals surface area contributed by atoms with Gasteiger partial charge in [-0.25, -0.2) is 0 Å². The molecule has 6 atom stereocenters. The molecule has 3 heteroatoms. The van der Waals surface area contributed by atoms with Gasteiger partial charge in [0, 0.05) is 17.8 Å². The quantitative estimate of drug-likeness (QED) is 0.743. The number of hydrogen-bond acceptors (Lipinski definition) is 3. The van der Waals surface area contributed by atoms with Crippen molar-refractivity contribution in [2.75, 3.05) is 0 Å². The molecular formula is C17H22O3. The minimum Gasteiger partial charge on any atom is -0.371 e. The molecule has 108 valence electrons. The van der Waals surface area contributed by atoms with E-state index in [1.807, 2.05) is 0 Å². The van der Waals surface area contributed by atoms with Gasteiger partial charge in [-0.05, 0) is 50.0 Å². The zero-order valence-electron chi connectivity index (χ0n) is 12.2. The Morgan fingerprint density at radius 1 is 1.45 bits per heavy atom. The molecule has 2 saturated heterocycles. The van der Waals surface area contributed by atoms with Crippen LogP contribution >= 0.6 is 0 Å². The van der Waals surface area contributed by atoms with Gasteiger partial charge < -0.3 is 9.53 Å². The summed E-state index contributed by atoms with van der Waals surface area (Å²) in [6, 6.07) is 0. The van der Waals surface area contributed by atoms with E-state index in [2.05, 4.69) is 19.9 Å². The van der Waals surface area contributed by atoms with E-state index in [1.54, 1.807) is 6.08 Å². The van der Waals surface area contributed by atoms with Gasteiger partial charge in [0.2, 0.25) is 0 Å². The predicted molar refractivity (Wildman–Crippen MR) is 74.1 cm³/mol. The minimum atomic E-state index is -0.420. The second-order valence-electron chi connectivity index (χ2n) is 7.81. The second kappa shape index (κ2) is 3.62. The lowest BCUT2D eigenvalue weighted by Crippen LogP contribution is -2.56. The fourth-order valence-corrected chi connectivity index (χ4v) is 6.00. The lowest BCUT2D eigenvalue weighted by molar-refractivity contribution is -0.169. The highest BCUT2D eigenvalue weighted by atomic mass is 16.5. The lowest BCUT2D eigenvalue weighted by atomic mass is 9.51. The van der Waals surface area contributed by atoms with Crippen LogP contribution in [0.2, 0.25) is 0 Å². The first-order chi connectivity index (χ1) is 9.44. The van der Waals surface area contributed by atoms with Crippen molar-refractivity contribution in [3.63, 3.8) is 0 Å². The van der Waals surface area contributed by atoms with E-state index in [0.717, 1.165) is 25.5 Å². The Labute approximate surface area is 119 Å². The fourth-order valence-electron chi connectivity index (χ4n) is 6.00. The van der Waals surface area contributed by atoms with Gasteiger partial charge in [0.15, 0.2) is 5.78 Å². The van der Waals surface area contributed by atoms with E-state index in [4.69, 9.17) is 4.74 Å². The maximum atomic E-state index is 12.5. The first-order valence-corrected chi connectivity index (χ1v) is 7.79.